The minimum Gasteiger partial charge on any atom is -0.369 e. The molecule has 0 aromatic heterocycles. The van der Waals surface area contributed by atoms with Crippen molar-refractivity contribution in [3.8, 4) is 0 Å². The van der Waals surface area contributed by atoms with Gasteiger partial charge in [-0.15, -0.1) is 0 Å². The molecule has 0 spiro atoms. The van der Waals surface area contributed by atoms with Crippen LogP contribution < -0.4 is 10.6 Å². The van der Waals surface area contributed by atoms with Gasteiger partial charge in [-0.2, -0.15) is 4.31 Å². The zero-order valence-corrected chi connectivity index (χ0v) is 16.7. The van der Waals surface area contributed by atoms with Crippen LogP contribution in [0.15, 0.2) is 23.1 Å². The smallest absolute Gasteiger partial charge is 0.293 e. The van der Waals surface area contributed by atoms with Crippen LogP contribution in [-0.2, 0) is 14.8 Å². The number of nitro groups is 1. The number of nitrogens with two attached hydrogens (primary N) is 1. The molecule has 0 radical (unpaired) electrons. The fourth-order valence-corrected chi connectivity index (χ4v) is 5.37. The van der Waals surface area contributed by atoms with Gasteiger partial charge in [0.15, 0.2) is 0 Å². The van der Waals surface area contributed by atoms with Gasteiger partial charge in [0.2, 0.25) is 15.9 Å². The zero-order valence-electron chi connectivity index (χ0n) is 15.9. The van der Waals surface area contributed by atoms with Gasteiger partial charge < -0.3 is 10.6 Å². The second-order valence-electron chi connectivity index (χ2n) is 7.68. The maximum absolute atomic E-state index is 12.9. The summed E-state index contributed by atoms with van der Waals surface area (Å²) >= 11 is 0. The molecule has 0 aliphatic carbocycles. The number of anilines is 1. The number of nitrogens with zero attached hydrogens (tertiary/aromatic N) is 3. The number of nitro benzene ring substituents is 1. The Morgan fingerprint density at radius 3 is 2.50 bits per heavy atom. The molecule has 1 aromatic rings. The van der Waals surface area contributed by atoms with E-state index in [9.17, 15) is 23.3 Å². The van der Waals surface area contributed by atoms with E-state index in [1.165, 1.54) is 16.4 Å². The first kappa shape index (κ1) is 20.5. The van der Waals surface area contributed by atoms with Gasteiger partial charge in [0, 0.05) is 32.2 Å². The average molecular weight is 410 g/mol. The first-order valence-electron chi connectivity index (χ1n) is 9.53. The number of carbonyl (C=O) groups excluding carboxylic acids is 1. The molecule has 1 atom stereocenters. The summed E-state index contributed by atoms with van der Waals surface area (Å²) in [4.78, 5) is 24.3. The highest BCUT2D eigenvalue weighted by Crippen LogP contribution is 2.35. The van der Waals surface area contributed by atoms with Crippen LogP contribution in [0.1, 0.15) is 32.6 Å². The molecule has 28 heavy (non-hydrogen) atoms. The number of carbonyl (C=O) groups is 1. The predicted molar refractivity (Wildman–Crippen MR) is 104 cm³/mol. The highest BCUT2D eigenvalue weighted by atomic mass is 32.2. The minimum atomic E-state index is -3.78. The number of hydrogen-bond donors (Lipinski definition) is 1. The molecule has 1 aromatic carbocycles. The third kappa shape index (κ3) is 4.12. The highest BCUT2D eigenvalue weighted by molar-refractivity contribution is 7.89. The summed E-state index contributed by atoms with van der Waals surface area (Å²) in [6.07, 6.45) is 2.90. The lowest BCUT2D eigenvalue weighted by atomic mass is 9.97. The standard InChI is InChI=1S/C18H26N4O5S/c1-13-6-9-21(10-7-13)28(26,27)15-4-5-16(17(11-15)22(24)25)20-8-2-3-14(12-20)18(19)23/h4-5,11,13-14H,2-3,6-10,12H2,1H3,(H2,19,23)/t14-/m0/s1. The van der Waals surface area contributed by atoms with E-state index in [4.69, 9.17) is 5.73 Å². The van der Waals surface area contributed by atoms with Crippen molar-refractivity contribution < 1.29 is 18.1 Å². The molecule has 2 aliphatic heterocycles. The third-order valence-electron chi connectivity index (χ3n) is 5.69. The van der Waals surface area contributed by atoms with Gasteiger partial charge >= 0.3 is 0 Å². The van der Waals surface area contributed by atoms with E-state index in [1.807, 2.05) is 0 Å². The van der Waals surface area contributed by atoms with Crippen molar-refractivity contribution >= 4 is 27.3 Å². The third-order valence-corrected chi connectivity index (χ3v) is 7.58. The Morgan fingerprint density at radius 1 is 1.21 bits per heavy atom. The van der Waals surface area contributed by atoms with Crippen LogP contribution in [0.4, 0.5) is 11.4 Å². The summed E-state index contributed by atoms with van der Waals surface area (Å²) in [7, 11) is -3.78. The highest BCUT2D eigenvalue weighted by Gasteiger charge is 2.32. The van der Waals surface area contributed by atoms with E-state index in [0.717, 1.165) is 18.9 Å². The Hall–Kier alpha value is -2.20. The normalized spacial score (nSPS) is 22.2. The lowest BCUT2D eigenvalue weighted by molar-refractivity contribution is -0.384. The van der Waals surface area contributed by atoms with E-state index >= 15 is 0 Å². The molecule has 9 nitrogen and oxygen atoms in total. The Bertz CT molecular complexity index is 865. The summed E-state index contributed by atoms with van der Waals surface area (Å²) in [5.41, 5.74) is 5.45. The first-order chi connectivity index (χ1) is 13.2. The quantitative estimate of drug-likeness (QED) is 0.582. The number of rotatable bonds is 5. The van der Waals surface area contributed by atoms with Gasteiger partial charge in [0.25, 0.3) is 5.69 Å². The molecule has 2 N–H and O–H groups in total. The lowest BCUT2D eigenvalue weighted by Gasteiger charge is -2.33. The van der Waals surface area contributed by atoms with Crippen molar-refractivity contribution in [3.63, 3.8) is 0 Å². The molecule has 2 fully saturated rings. The van der Waals surface area contributed by atoms with Gasteiger partial charge in [0.1, 0.15) is 5.69 Å². The maximum Gasteiger partial charge on any atom is 0.293 e. The Labute approximate surface area is 164 Å². The summed E-state index contributed by atoms with van der Waals surface area (Å²) in [6, 6.07) is 4.03. The number of benzene rings is 1. The topological polar surface area (TPSA) is 127 Å². The minimum absolute atomic E-state index is 0.0686. The molecule has 0 unspecified atom stereocenters. The summed E-state index contributed by atoms with van der Waals surface area (Å²) in [5.74, 6) is -0.321. The van der Waals surface area contributed by atoms with E-state index in [2.05, 4.69) is 6.92 Å². The molecular formula is C18H26N4O5S. The first-order valence-corrected chi connectivity index (χ1v) is 11.0. The molecule has 1 amide bonds. The van der Waals surface area contributed by atoms with E-state index in [-0.39, 0.29) is 16.5 Å². The summed E-state index contributed by atoms with van der Waals surface area (Å²) < 4.78 is 27.3. The fourth-order valence-electron chi connectivity index (χ4n) is 3.88. The largest absolute Gasteiger partial charge is 0.369 e. The average Bonchev–Trinajstić information content (AvgIpc) is 2.68. The van der Waals surface area contributed by atoms with Crippen LogP contribution in [0.5, 0.6) is 0 Å². The molecule has 2 saturated heterocycles. The van der Waals surface area contributed by atoms with E-state index < -0.39 is 20.9 Å². The maximum atomic E-state index is 12.9. The molecule has 10 heteroatoms. The second-order valence-corrected chi connectivity index (χ2v) is 9.62. The van der Waals surface area contributed by atoms with Crippen LogP contribution in [0.3, 0.4) is 0 Å². The van der Waals surface area contributed by atoms with Crippen LogP contribution in [0.2, 0.25) is 0 Å². The van der Waals surface area contributed by atoms with Crippen molar-refractivity contribution in [1.29, 1.82) is 0 Å². The van der Waals surface area contributed by atoms with Crippen LogP contribution in [0.25, 0.3) is 0 Å². The van der Waals surface area contributed by atoms with Crippen LogP contribution >= 0.6 is 0 Å². The number of primary amides is 1. The van der Waals surface area contributed by atoms with Crippen molar-refractivity contribution in [2.75, 3.05) is 31.1 Å². The molecule has 2 aliphatic rings. The van der Waals surface area contributed by atoms with Gasteiger partial charge in [-0.3, -0.25) is 14.9 Å². The summed E-state index contributed by atoms with van der Waals surface area (Å²) in [6.45, 7) is 3.78. The Morgan fingerprint density at radius 2 is 1.89 bits per heavy atom. The number of piperidine rings is 2. The van der Waals surface area contributed by atoms with Gasteiger partial charge in [-0.25, -0.2) is 8.42 Å². The van der Waals surface area contributed by atoms with Gasteiger partial charge in [-0.05, 0) is 43.7 Å². The Balaban J connectivity index is 1.91. The molecular weight excluding hydrogens is 384 g/mol. The van der Waals surface area contributed by atoms with E-state index in [0.29, 0.717) is 50.6 Å². The van der Waals surface area contributed by atoms with Gasteiger partial charge in [0.05, 0.1) is 15.7 Å². The van der Waals surface area contributed by atoms with Crippen molar-refractivity contribution in [2.45, 2.75) is 37.5 Å². The Kier molecular flexibility index (Phi) is 5.90. The van der Waals surface area contributed by atoms with Crippen LogP contribution in [0, 0.1) is 22.0 Å². The SMILES string of the molecule is CC1CCN(S(=O)(=O)c2ccc(N3CCC[C@H](C(N)=O)C3)c([N+](=O)[O-])c2)CC1. The van der Waals surface area contributed by atoms with Crippen molar-refractivity contribution in [2.24, 2.45) is 17.6 Å². The fraction of sp³-hybridized carbons (Fsp3) is 0.611. The molecule has 0 saturated carbocycles. The summed E-state index contributed by atoms with van der Waals surface area (Å²) in [5, 5.41) is 11.7. The monoisotopic (exact) mass is 410 g/mol. The number of amides is 1. The van der Waals surface area contributed by atoms with Crippen molar-refractivity contribution in [3.05, 3.63) is 28.3 Å². The molecule has 2 heterocycles. The zero-order chi connectivity index (χ0) is 20.5. The van der Waals surface area contributed by atoms with Crippen LogP contribution in [-0.4, -0.2) is 49.7 Å². The van der Waals surface area contributed by atoms with Gasteiger partial charge in [-0.1, -0.05) is 6.92 Å². The van der Waals surface area contributed by atoms with Crippen molar-refractivity contribution in [1.82, 2.24) is 4.31 Å². The predicted octanol–water partition coefficient (Wildman–Crippen LogP) is 1.72. The number of sulfonamides is 1. The molecule has 0 bridgehead atoms. The second kappa shape index (κ2) is 8.04. The lowest BCUT2D eigenvalue weighted by Crippen LogP contribution is -2.41. The van der Waals surface area contributed by atoms with E-state index in [1.54, 1.807) is 4.90 Å². The number of hydrogen-bond acceptors (Lipinski definition) is 6. The molecule has 154 valence electrons. The molecule has 3 rings (SSSR count).